The van der Waals surface area contributed by atoms with Gasteiger partial charge in [0, 0.05) is 24.8 Å². The number of nitrogens with zero attached hydrogens (tertiary/aromatic N) is 1. The average molecular weight is 229 g/mol. The Labute approximate surface area is 101 Å². The van der Waals surface area contributed by atoms with Gasteiger partial charge in [0.2, 0.25) is 0 Å². The quantitative estimate of drug-likeness (QED) is 0.755. The van der Waals surface area contributed by atoms with Gasteiger partial charge in [-0.05, 0) is 24.6 Å². The number of furan rings is 1. The molecule has 0 N–H and O–H groups in total. The molecule has 1 aromatic heterocycles. The minimum atomic E-state index is 0.408. The van der Waals surface area contributed by atoms with Gasteiger partial charge in [-0.3, -0.25) is 4.79 Å². The fourth-order valence-corrected chi connectivity index (χ4v) is 1.91. The van der Waals surface area contributed by atoms with Gasteiger partial charge in [-0.2, -0.15) is 0 Å². The predicted octanol–water partition coefficient (Wildman–Crippen LogP) is 3.04. The summed E-state index contributed by atoms with van der Waals surface area (Å²) in [5, 5.41) is 0. The lowest BCUT2D eigenvalue weighted by Crippen LogP contribution is -2.17. The van der Waals surface area contributed by atoms with Crippen molar-refractivity contribution in [3.05, 3.63) is 53.5 Å². The van der Waals surface area contributed by atoms with E-state index in [1.165, 1.54) is 5.56 Å². The highest BCUT2D eigenvalue weighted by molar-refractivity contribution is 5.73. The van der Waals surface area contributed by atoms with Crippen LogP contribution in [-0.4, -0.2) is 13.3 Å². The number of aryl methyl sites for hydroxylation is 1. The van der Waals surface area contributed by atoms with E-state index >= 15 is 0 Å². The van der Waals surface area contributed by atoms with Gasteiger partial charge in [0.05, 0.1) is 6.26 Å². The van der Waals surface area contributed by atoms with Gasteiger partial charge in [-0.15, -0.1) is 0 Å². The van der Waals surface area contributed by atoms with Crippen molar-refractivity contribution in [3.8, 4) is 0 Å². The third-order valence-electron chi connectivity index (χ3n) is 2.82. The summed E-state index contributed by atoms with van der Waals surface area (Å²) in [6.07, 6.45) is 2.30. The van der Waals surface area contributed by atoms with E-state index in [0.29, 0.717) is 12.3 Å². The van der Waals surface area contributed by atoms with Gasteiger partial charge in [0.1, 0.15) is 0 Å². The maximum Gasteiger partial charge on any atom is 0.185 e. The van der Waals surface area contributed by atoms with Crippen LogP contribution in [0.25, 0.3) is 0 Å². The SMILES string of the molecule is Cc1ccccc1N(C)Cc1ccoc1C=O. The Morgan fingerprint density at radius 3 is 2.76 bits per heavy atom. The molecule has 0 fully saturated rings. The second-order valence-corrected chi connectivity index (χ2v) is 4.07. The molecule has 0 aliphatic rings. The molecule has 1 heterocycles. The number of hydrogen-bond acceptors (Lipinski definition) is 3. The molecular formula is C14H15NO2. The van der Waals surface area contributed by atoms with Crippen LogP contribution in [0.2, 0.25) is 0 Å². The van der Waals surface area contributed by atoms with E-state index in [1.54, 1.807) is 6.26 Å². The second kappa shape index (κ2) is 4.87. The van der Waals surface area contributed by atoms with E-state index in [4.69, 9.17) is 4.42 Å². The predicted molar refractivity (Wildman–Crippen MR) is 67.4 cm³/mol. The van der Waals surface area contributed by atoms with Gasteiger partial charge in [0.25, 0.3) is 0 Å². The van der Waals surface area contributed by atoms with Crippen molar-refractivity contribution in [2.45, 2.75) is 13.5 Å². The van der Waals surface area contributed by atoms with Crippen molar-refractivity contribution in [2.75, 3.05) is 11.9 Å². The first kappa shape index (κ1) is 11.5. The smallest absolute Gasteiger partial charge is 0.185 e. The summed E-state index contributed by atoms with van der Waals surface area (Å²) in [7, 11) is 2.00. The Kier molecular flexibility index (Phi) is 3.28. The van der Waals surface area contributed by atoms with Crippen molar-refractivity contribution in [1.82, 2.24) is 0 Å². The normalized spacial score (nSPS) is 10.2. The van der Waals surface area contributed by atoms with Gasteiger partial charge in [0.15, 0.2) is 12.0 Å². The maximum atomic E-state index is 10.8. The number of rotatable bonds is 4. The summed E-state index contributed by atoms with van der Waals surface area (Å²) in [5.41, 5.74) is 3.28. The molecule has 2 rings (SSSR count). The molecule has 0 atom stereocenters. The standard InChI is InChI=1S/C14H15NO2/c1-11-5-3-4-6-13(11)15(2)9-12-7-8-17-14(12)10-16/h3-8,10H,9H2,1-2H3. The van der Waals surface area contributed by atoms with Crippen LogP contribution in [0, 0.1) is 6.92 Å². The highest BCUT2D eigenvalue weighted by atomic mass is 16.3. The third-order valence-corrected chi connectivity index (χ3v) is 2.82. The van der Waals surface area contributed by atoms with Crippen LogP contribution in [0.3, 0.4) is 0 Å². The molecule has 88 valence electrons. The molecule has 0 spiro atoms. The van der Waals surface area contributed by atoms with Crippen LogP contribution < -0.4 is 4.90 Å². The Hall–Kier alpha value is -2.03. The molecule has 0 saturated carbocycles. The molecule has 3 nitrogen and oxygen atoms in total. The largest absolute Gasteiger partial charge is 0.461 e. The summed E-state index contributed by atoms with van der Waals surface area (Å²) < 4.78 is 5.09. The number of anilines is 1. The number of hydrogen-bond donors (Lipinski definition) is 0. The lowest BCUT2D eigenvalue weighted by atomic mass is 10.1. The van der Waals surface area contributed by atoms with E-state index in [9.17, 15) is 4.79 Å². The number of para-hydroxylation sites is 1. The van der Waals surface area contributed by atoms with E-state index in [0.717, 1.165) is 17.5 Å². The number of aldehydes is 1. The highest BCUT2D eigenvalue weighted by Gasteiger charge is 2.09. The topological polar surface area (TPSA) is 33.5 Å². The number of carbonyl (C=O) groups excluding carboxylic acids is 1. The Bertz CT molecular complexity index is 516. The molecule has 1 aromatic carbocycles. The highest BCUT2D eigenvalue weighted by Crippen LogP contribution is 2.21. The van der Waals surface area contributed by atoms with Crippen molar-refractivity contribution >= 4 is 12.0 Å². The molecule has 0 aliphatic heterocycles. The Balaban J connectivity index is 2.20. The van der Waals surface area contributed by atoms with Crippen LogP contribution in [0.5, 0.6) is 0 Å². The van der Waals surface area contributed by atoms with Crippen molar-refractivity contribution in [1.29, 1.82) is 0 Å². The van der Waals surface area contributed by atoms with Gasteiger partial charge >= 0.3 is 0 Å². The third kappa shape index (κ3) is 2.38. The summed E-state index contributed by atoms with van der Waals surface area (Å²) in [6, 6.07) is 9.99. The van der Waals surface area contributed by atoms with E-state index in [-0.39, 0.29) is 0 Å². The molecule has 0 aliphatic carbocycles. The lowest BCUT2D eigenvalue weighted by molar-refractivity contribution is 0.109. The maximum absolute atomic E-state index is 10.8. The van der Waals surface area contributed by atoms with Crippen molar-refractivity contribution < 1.29 is 9.21 Å². The van der Waals surface area contributed by atoms with E-state index in [1.807, 2.05) is 25.2 Å². The van der Waals surface area contributed by atoms with Crippen LogP contribution in [0.15, 0.2) is 41.0 Å². The minimum Gasteiger partial charge on any atom is -0.461 e. The van der Waals surface area contributed by atoms with Gasteiger partial charge in [-0.25, -0.2) is 0 Å². The molecule has 0 radical (unpaired) electrons. The first-order chi connectivity index (χ1) is 8.22. The first-order valence-corrected chi connectivity index (χ1v) is 5.50. The zero-order chi connectivity index (χ0) is 12.3. The molecule has 0 unspecified atom stereocenters. The molecule has 2 aromatic rings. The monoisotopic (exact) mass is 229 g/mol. The van der Waals surface area contributed by atoms with Crippen molar-refractivity contribution in [3.63, 3.8) is 0 Å². The molecule has 0 amide bonds. The summed E-state index contributed by atoms with van der Waals surface area (Å²) >= 11 is 0. The summed E-state index contributed by atoms with van der Waals surface area (Å²) in [5.74, 6) is 0.408. The van der Waals surface area contributed by atoms with Gasteiger partial charge in [-0.1, -0.05) is 18.2 Å². The molecule has 0 bridgehead atoms. The number of benzene rings is 1. The summed E-state index contributed by atoms with van der Waals surface area (Å²) in [6.45, 7) is 2.73. The zero-order valence-corrected chi connectivity index (χ0v) is 10.0. The lowest BCUT2D eigenvalue weighted by Gasteiger charge is -2.20. The van der Waals surface area contributed by atoms with Crippen LogP contribution in [0.4, 0.5) is 5.69 Å². The molecule has 17 heavy (non-hydrogen) atoms. The molecular weight excluding hydrogens is 214 g/mol. The van der Waals surface area contributed by atoms with Crippen LogP contribution in [-0.2, 0) is 6.54 Å². The Morgan fingerprint density at radius 2 is 2.06 bits per heavy atom. The fraction of sp³-hybridized carbons (Fsp3) is 0.214. The van der Waals surface area contributed by atoms with E-state index < -0.39 is 0 Å². The summed E-state index contributed by atoms with van der Waals surface area (Å²) in [4.78, 5) is 12.9. The first-order valence-electron chi connectivity index (χ1n) is 5.50. The van der Waals surface area contributed by atoms with Crippen LogP contribution in [0.1, 0.15) is 21.7 Å². The van der Waals surface area contributed by atoms with Crippen molar-refractivity contribution in [2.24, 2.45) is 0 Å². The van der Waals surface area contributed by atoms with Crippen LogP contribution >= 0.6 is 0 Å². The Morgan fingerprint density at radius 1 is 1.29 bits per heavy atom. The second-order valence-electron chi connectivity index (χ2n) is 4.07. The van der Waals surface area contributed by atoms with Gasteiger partial charge < -0.3 is 9.32 Å². The minimum absolute atomic E-state index is 0.408. The van der Waals surface area contributed by atoms with E-state index in [2.05, 4.69) is 24.0 Å². The number of carbonyl (C=O) groups is 1. The fourth-order valence-electron chi connectivity index (χ4n) is 1.91. The molecule has 0 saturated heterocycles. The average Bonchev–Trinajstić information content (AvgIpc) is 2.76. The zero-order valence-electron chi connectivity index (χ0n) is 10.0. The molecule has 3 heteroatoms.